The molecule has 3 saturated heterocycles. The molecule has 0 saturated carbocycles. The Morgan fingerprint density at radius 1 is 1.05 bits per heavy atom. The Morgan fingerprint density at radius 2 is 1.75 bits per heavy atom. The Morgan fingerprint density at radius 3 is 2.41 bits per heavy atom. The van der Waals surface area contributed by atoms with Crippen molar-refractivity contribution in [2.24, 2.45) is 29.6 Å². The van der Waals surface area contributed by atoms with Crippen LogP contribution in [0.4, 0.5) is 0 Å². The average molecular weight is 794 g/mol. The largest absolute Gasteiger partial charge is 0.459 e. The summed E-state index contributed by atoms with van der Waals surface area (Å²) < 4.78 is 32.1. The van der Waals surface area contributed by atoms with Crippen LogP contribution >= 0.6 is 11.3 Å². The van der Waals surface area contributed by atoms with Crippen molar-refractivity contribution in [1.29, 1.82) is 0 Å². The molecule has 5 heterocycles. The summed E-state index contributed by atoms with van der Waals surface area (Å²) in [5.41, 5.74) is -1.63. The number of aliphatic hydroxyl groups excluding tert-OH is 1. The fourth-order valence-electron chi connectivity index (χ4n) is 8.93. The van der Waals surface area contributed by atoms with Crippen LogP contribution in [-0.4, -0.2) is 113 Å². The number of carbonyl (C=O) groups excluding carboxylic acids is 3. The number of esters is 1. The van der Waals surface area contributed by atoms with Crippen LogP contribution in [-0.2, 0) is 38.1 Å². The summed E-state index contributed by atoms with van der Waals surface area (Å²) in [6.07, 6.45) is 0.187. The van der Waals surface area contributed by atoms with Crippen molar-refractivity contribution in [2.75, 3.05) is 27.3 Å². The molecule has 0 spiro atoms. The van der Waals surface area contributed by atoms with Gasteiger partial charge in [-0.25, -0.2) is 9.97 Å². The highest BCUT2D eigenvalue weighted by atomic mass is 32.1. The summed E-state index contributed by atoms with van der Waals surface area (Å²) in [6, 6.07) is 5.27. The van der Waals surface area contributed by atoms with Gasteiger partial charge < -0.3 is 33.7 Å². The number of nitrogens with zero attached hydrogens (tertiary/aromatic N) is 3. The summed E-state index contributed by atoms with van der Waals surface area (Å²) in [7, 11) is 3.76. The van der Waals surface area contributed by atoms with Gasteiger partial charge in [0.2, 0.25) is 0 Å². The van der Waals surface area contributed by atoms with Crippen LogP contribution < -0.4 is 0 Å². The molecule has 12 nitrogen and oxygen atoms in total. The first-order valence-electron chi connectivity index (χ1n) is 19.7. The quantitative estimate of drug-likeness (QED) is 0.163. The Bertz CT molecular complexity index is 1790. The van der Waals surface area contributed by atoms with Gasteiger partial charge in [-0.05, 0) is 84.8 Å². The Kier molecular flexibility index (Phi) is 14.1. The number of fused-ring (bicyclic) bond motifs is 1. The number of rotatable bonds is 7. The number of aliphatic hydroxyl groups is 1. The third-order valence-corrected chi connectivity index (χ3v) is 13.0. The smallest absolute Gasteiger partial charge is 0.316 e. The van der Waals surface area contributed by atoms with Gasteiger partial charge in [0, 0.05) is 42.1 Å². The third-order valence-electron chi connectivity index (χ3n) is 12.0. The number of likely N-dealkylation sites (N-methyl/N-ethyl adjacent to an activating group) is 1. The second-order valence-electron chi connectivity index (χ2n) is 16.4. The van der Waals surface area contributed by atoms with Gasteiger partial charge in [0.25, 0.3) is 0 Å². The van der Waals surface area contributed by atoms with Gasteiger partial charge in [-0.1, -0.05) is 46.1 Å². The first-order chi connectivity index (χ1) is 26.4. The summed E-state index contributed by atoms with van der Waals surface area (Å²) in [6.45, 7) is 18.8. The van der Waals surface area contributed by atoms with Gasteiger partial charge in [0.1, 0.15) is 36.1 Å². The molecule has 0 bridgehead atoms. The van der Waals surface area contributed by atoms with E-state index in [1.165, 1.54) is 18.3 Å². The topological polar surface area (TPSA) is 147 Å². The van der Waals surface area contributed by atoms with E-state index in [4.69, 9.17) is 23.7 Å². The zero-order chi connectivity index (χ0) is 41.1. The Labute approximate surface area is 335 Å². The number of ketones is 2. The lowest BCUT2D eigenvalue weighted by atomic mass is 9.69. The van der Waals surface area contributed by atoms with Crippen LogP contribution in [0.1, 0.15) is 79.5 Å². The monoisotopic (exact) mass is 793 g/mol. The molecule has 0 aromatic carbocycles. The Balaban J connectivity index is 1.55. The van der Waals surface area contributed by atoms with Gasteiger partial charge in [-0.3, -0.25) is 14.4 Å². The third kappa shape index (κ3) is 9.18. The summed E-state index contributed by atoms with van der Waals surface area (Å²) in [4.78, 5) is 55.1. The van der Waals surface area contributed by atoms with E-state index in [2.05, 4.69) is 28.4 Å². The van der Waals surface area contributed by atoms with Crippen LogP contribution in [0.2, 0.25) is 0 Å². The van der Waals surface area contributed by atoms with Crippen LogP contribution in [0.15, 0.2) is 42.7 Å². The second-order valence-corrected chi connectivity index (χ2v) is 17.5. The van der Waals surface area contributed by atoms with Crippen LogP contribution in [0.25, 0.3) is 10.7 Å². The fraction of sp³-hybridized carbons (Fsp3) is 0.651. The SMILES string of the molecule is C=C1CO[C@]2(C)[C@@H](CC)OC(=O)C(C)C(=O)[C@H](C)[C@@H](O[C@@H]3O[C@H](C)C[C@H](N(C)C)[C@H]3O)[C@](C)(OCC#Cc3ccc(-c4ncccn4)s3)CC(C)C(=O)C(C)[C@H]12. The summed E-state index contributed by atoms with van der Waals surface area (Å²) in [5.74, 6) is 1.98. The lowest BCUT2D eigenvalue weighted by molar-refractivity contribution is -0.296. The first-order valence-corrected chi connectivity index (χ1v) is 20.5. The maximum atomic E-state index is 14.6. The summed E-state index contributed by atoms with van der Waals surface area (Å²) in [5, 5.41) is 11.6. The van der Waals surface area contributed by atoms with E-state index in [-0.39, 0.29) is 37.6 Å². The van der Waals surface area contributed by atoms with E-state index in [0.717, 1.165) is 15.3 Å². The fourth-order valence-corrected chi connectivity index (χ4v) is 9.76. The van der Waals surface area contributed by atoms with Gasteiger partial charge in [0.05, 0.1) is 34.2 Å². The lowest BCUT2D eigenvalue weighted by Crippen LogP contribution is -2.59. The summed E-state index contributed by atoms with van der Waals surface area (Å²) >= 11 is 1.45. The van der Waals surface area contributed by atoms with Crippen LogP contribution in [0, 0.1) is 41.4 Å². The molecule has 2 aromatic heterocycles. The number of cyclic esters (lactones) is 1. The van der Waals surface area contributed by atoms with Crippen molar-refractivity contribution in [3.63, 3.8) is 0 Å². The number of ether oxygens (including phenoxy) is 5. The zero-order valence-electron chi connectivity index (χ0n) is 34.4. The molecule has 3 unspecified atom stereocenters. The minimum atomic E-state index is -1.35. The van der Waals surface area contributed by atoms with Crippen molar-refractivity contribution in [1.82, 2.24) is 14.9 Å². The van der Waals surface area contributed by atoms with E-state index in [0.29, 0.717) is 18.7 Å². The molecule has 5 rings (SSSR count). The Hall–Kier alpha value is -3.35. The number of thiophene rings is 1. The molecule has 1 N–H and O–H groups in total. The number of Topliss-reactive ketones (excluding diaryl/α,β-unsaturated/α-hetero) is 2. The average Bonchev–Trinajstić information content (AvgIpc) is 3.77. The highest BCUT2D eigenvalue weighted by molar-refractivity contribution is 7.15. The number of hydrogen-bond acceptors (Lipinski definition) is 13. The standard InChI is InChI=1S/C43H59N3O9S/c1-12-33-43(9)34(25(3)23-52-43)27(5)35(47)24(2)22-42(8,51-20-13-15-30-16-17-32(56-30)39-44-18-14-19-45-39)38(28(6)36(48)29(7)40(50)54-33)55-41-37(49)31(46(10)11)21-26(4)53-41/h14,16-19,24,26-29,31,33-34,37-38,41,49H,3,12,20-23H2,1-2,4-11H3/t24?,26-,27?,28+,29?,31+,33-,34+,37-,38-,41+,42-,43-/m1/s1. The molecule has 2 aromatic rings. The normalized spacial score (nSPS) is 37.4. The number of hydrogen-bond donors (Lipinski definition) is 1. The molecule has 56 heavy (non-hydrogen) atoms. The van der Waals surface area contributed by atoms with Crippen LogP contribution in [0.3, 0.4) is 0 Å². The molecule has 3 fully saturated rings. The highest BCUT2D eigenvalue weighted by Crippen LogP contribution is 2.46. The van der Waals surface area contributed by atoms with Crippen molar-refractivity contribution < 1.29 is 43.2 Å². The molecule has 0 aliphatic carbocycles. The predicted octanol–water partition coefficient (Wildman–Crippen LogP) is 5.51. The van der Waals surface area contributed by atoms with E-state index >= 15 is 0 Å². The number of carbonyl (C=O) groups is 3. The highest BCUT2D eigenvalue weighted by Gasteiger charge is 2.55. The van der Waals surface area contributed by atoms with Crippen molar-refractivity contribution in [3.8, 4) is 22.5 Å². The van der Waals surface area contributed by atoms with E-state index in [1.807, 2.05) is 65.7 Å². The second kappa shape index (κ2) is 18.1. The zero-order valence-corrected chi connectivity index (χ0v) is 35.3. The minimum Gasteiger partial charge on any atom is -0.459 e. The number of aromatic nitrogens is 2. The van der Waals surface area contributed by atoms with Gasteiger partial charge in [0.15, 0.2) is 17.9 Å². The maximum Gasteiger partial charge on any atom is 0.316 e. The van der Waals surface area contributed by atoms with Gasteiger partial charge in [-0.15, -0.1) is 11.3 Å². The van der Waals surface area contributed by atoms with Gasteiger partial charge >= 0.3 is 5.97 Å². The van der Waals surface area contributed by atoms with E-state index in [1.54, 1.807) is 32.3 Å². The van der Waals surface area contributed by atoms with Crippen molar-refractivity contribution in [2.45, 2.75) is 123 Å². The molecular formula is C43H59N3O9S. The van der Waals surface area contributed by atoms with E-state index in [9.17, 15) is 19.5 Å². The minimum absolute atomic E-state index is 0.0531. The lowest BCUT2D eigenvalue weighted by Gasteiger charge is -2.47. The molecule has 0 radical (unpaired) electrons. The molecule has 306 valence electrons. The van der Waals surface area contributed by atoms with Crippen LogP contribution in [0.5, 0.6) is 0 Å². The molecule has 3 aliphatic heterocycles. The first kappa shape index (κ1) is 43.8. The molecule has 3 aliphatic rings. The maximum absolute atomic E-state index is 14.6. The van der Waals surface area contributed by atoms with Gasteiger partial charge in [-0.2, -0.15) is 0 Å². The molecule has 13 atom stereocenters. The predicted molar refractivity (Wildman–Crippen MR) is 212 cm³/mol. The molecule has 13 heteroatoms. The van der Waals surface area contributed by atoms with Crippen molar-refractivity contribution in [3.05, 3.63) is 47.6 Å². The molecular weight excluding hydrogens is 735 g/mol. The van der Waals surface area contributed by atoms with Crippen molar-refractivity contribution >= 4 is 28.9 Å². The van der Waals surface area contributed by atoms with E-state index < -0.39 is 77.1 Å². The molecule has 0 amide bonds.